The third-order valence-electron chi connectivity index (χ3n) is 6.46. The molecule has 1 heterocycles. The Morgan fingerprint density at radius 2 is 2.12 bits per heavy atom. The zero-order valence-corrected chi connectivity index (χ0v) is 19.2. The predicted molar refractivity (Wildman–Crippen MR) is 122 cm³/mol. The number of ether oxygens (including phenoxy) is 3. The number of hydrogen-bond acceptors (Lipinski definition) is 5. The van der Waals surface area contributed by atoms with Crippen LogP contribution in [0.2, 0.25) is 0 Å². The summed E-state index contributed by atoms with van der Waals surface area (Å²) in [5.41, 5.74) is 2.36. The maximum Gasteiger partial charge on any atom is 0.303 e. The topological polar surface area (TPSA) is 85.2 Å². The Kier molecular flexibility index (Phi) is 10.2. The fourth-order valence-electron chi connectivity index (χ4n) is 4.74. The van der Waals surface area contributed by atoms with E-state index >= 15 is 0 Å². The molecule has 0 spiro atoms. The van der Waals surface area contributed by atoms with Gasteiger partial charge >= 0.3 is 5.97 Å². The van der Waals surface area contributed by atoms with Gasteiger partial charge in [-0.3, -0.25) is 4.79 Å². The first-order chi connectivity index (χ1) is 15.5. The van der Waals surface area contributed by atoms with E-state index in [0.717, 1.165) is 44.3 Å². The highest BCUT2D eigenvalue weighted by molar-refractivity contribution is 5.66. The van der Waals surface area contributed by atoms with E-state index in [9.17, 15) is 9.90 Å². The highest BCUT2D eigenvalue weighted by Gasteiger charge is 2.43. The lowest BCUT2D eigenvalue weighted by atomic mass is 9.91. The molecule has 5 atom stereocenters. The first-order valence-electron chi connectivity index (χ1n) is 12.0. The summed E-state index contributed by atoms with van der Waals surface area (Å²) in [6.45, 7) is 3.87. The van der Waals surface area contributed by atoms with Gasteiger partial charge < -0.3 is 24.4 Å². The Balaban J connectivity index is 1.57. The van der Waals surface area contributed by atoms with Crippen LogP contribution < -0.4 is 0 Å². The average Bonchev–Trinajstić information content (AvgIpc) is 3.05. The lowest BCUT2D eigenvalue weighted by Crippen LogP contribution is -2.33. The van der Waals surface area contributed by atoms with Gasteiger partial charge in [0.15, 0.2) is 6.29 Å². The SMILES string of the molecule is Cc1cccc(COC[C@H]2[C@H](C/C=C\CCCC(=O)O)[C@H](O)C[C@H]2OC2CCCCO2)c1. The molecule has 1 aromatic rings. The van der Waals surface area contributed by atoms with E-state index in [4.69, 9.17) is 19.3 Å². The van der Waals surface area contributed by atoms with Crippen LogP contribution in [-0.4, -0.2) is 47.9 Å². The number of aliphatic carboxylic acids is 1. The lowest BCUT2D eigenvalue weighted by molar-refractivity contribution is -0.199. The molecule has 178 valence electrons. The van der Waals surface area contributed by atoms with Crippen molar-refractivity contribution in [3.8, 4) is 0 Å². The summed E-state index contributed by atoms with van der Waals surface area (Å²) in [7, 11) is 0. The van der Waals surface area contributed by atoms with Crippen molar-refractivity contribution in [3.63, 3.8) is 0 Å². The molecule has 0 aromatic heterocycles. The van der Waals surface area contributed by atoms with Crippen molar-refractivity contribution < 1.29 is 29.2 Å². The van der Waals surface area contributed by atoms with Gasteiger partial charge in [0.25, 0.3) is 0 Å². The van der Waals surface area contributed by atoms with Gasteiger partial charge in [-0.1, -0.05) is 42.0 Å². The fraction of sp³-hybridized carbons (Fsp3) is 0.654. The molecule has 0 bridgehead atoms. The summed E-state index contributed by atoms with van der Waals surface area (Å²) in [5, 5.41) is 19.6. The second kappa shape index (κ2) is 13.1. The number of aliphatic hydroxyl groups excluding tert-OH is 1. The van der Waals surface area contributed by atoms with E-state index in [0.29, 0.717) is 26.1 Å². The Labute approximate surface area is 191 Å². The van der Waals surface area contributed by atoms with Crippen molar-refractivity contribution in [2.45, 2.75) is 83.4 Å². The van der Waals surface area contributed by atoms with Gasteiger partial charge in [0, 0.05) is 25.4 Å². The Bertz CT molecular complexity index is 727. The fourth-order valence-corrected chi connectivity index (χ4v) is 4.74. The minimum absolute atomic E-state index is 0.0526. The molecule has 1 unspecified atom stereocenters. The van der Waals surface area contributed by atoms with Gasteiger partial charge in [0.2, 0.25) is 0 Å². The summed E-state index contributed by atoms with van der Waals surface area (Å²) >= 11 is 0. The number of hydrogen-bond donors (Lipinski definition) is 2. The first-order valence-corrected chi connectivity index (χ1v) is 12.0. The molecule has 1 saturated carbocycles. The van der Waals surface area contributed by atoms with Crippen molar-refractivity contribution in [1.29, 1.82) is 0 Å². The summed E-state index contributed by atoms with van der Waals surface area (Å²) < 4.78 is 18.2. The zero-order valence-electron chi connectivity index (χ0n) is 19.2. The van der Waals surface area contributed by atoms with Crippen LogP contribution in [0.25, 0.3) is 0 Å². The molecule has 6 heteroatoms. The molecule has 2 N–H and O–H groups in total. The van der Waals surface area contributed by atoms with Crippen molar-refractivity contribution in [3.05, 3.63) is 47.5 Å². The van der Waals surface area contributed by atoms with Crippen LogP contribution in [0.15, 0.2) is 36.4 Å². The lowest BCUT2D eigenvalue weighted by Gasteiger charge is -2.30. The number of aryl methyl sites for hydroxylation is 1. The van der Waals surface area contributed by atoms with E-state index in [2.05, 4.69) is 31.2 Å². The second-order valence-electron chi connectivity index (χ2n) is 9.10. The number of unbranched alkanes of at least 4 members (excludes halogenated alkanes) is 1. The van der Waals surface area contributed by atoms with E-state index in [1.54, 1.807) is 0 Å². The van der Waals surface area contributed by atoms with E-state index < -0.39 is 12.1 Å². The minimum atomic E-state index is -0.764. The Hall–Kier alpha value is -1.73. The molecule has 1 saturated heterocycles. The first kappa shape index (κ1) is 24.9. The number of carbonyl (C=O) groups is 1. The molecule has 1 aromatic carbocycles. The molecule has 2 fully saturated rings. The van der Waals surface area contributed by atoms with Crippen LogP contribution in [0.4, 0.5) is 0 Å². The summed E-state index contributed by atoms with van der Waals surface area (Å²) in [5.74, 6) is -0.624. The monoisotopic (exact) mass is 446 g/mol. The molecule has 32 heavy (non-hydrogen) atoms. The number of rotatable bonds is 12. The van der Waals surface area contributed by atoms with Gasteiger partial charge in [-0.25, -0.2) is 0 Å². The largest absolute Gasteiger partial charge is 0.481 e. The van der Waals surface area contributed by atoms with Gasteiger partial charge in [0.1, 0.15) is 0 Å². The second-order valence-corrected chi connectivity index (χ2v) is 9.10. The van der Waals surface area contributed by atoms with Crippen LogP contribution in [0.5, 0.6) is 0 Å². The highest BCUT2D eigenvalue weighted by atomic mass is 16.7. The number of benzene rings is 1. The van der Waals surface area contributed by atoms with Crippen LogP contribution >= 0.6 is 0 Å². The molecule has 0 amide bonds. The Morgan fingerprint density at radius 3 is 2.88 bits per heavy atom. The molecule has 1 aliphatic heterocycles. The maximum atomic E-state index is 10.8. The summed E-state index contributed by atoms with van der Waals surface area (Å²) in [6, 6.07) is 8.31. The molecular formula is C26H38O6. The van der Waals surface area contributed by atoms with Gasteiger partial charge in [0.05, 0.1) is 25.4 Å². The third-order valence-corrected chi connectivity index (χ3v) is 6.46. The third kappa shape index (κ3) is 8.00. The molecule has 0 radical (unpaired) electrons. The smallest absolute Gasteiger partial charge is 0.303 e. The van der Waals surface area contributed by atoms with Crippen molar-refractivity contribution >= 4 is 5.97 Å². The van der Waals surface area contributed by atoms with Crippen molar-refractivity contribution in [2.75, 3.05) is 13.2 Å². The zero-order chi connectivity index (χ0) is 22.8. The Morgan fingerprint density at radius 1 is 1.25 bits per heavy atom. The van der Waals surface area contributed by atoms with Gasteiger partial charge in [-0.15, -0.1) is 0 Å². The van der Waals surface area contributed by atoms with E-state index in [-0.39, 0.29) is 30.7 Å². The van der Waals surface area contributed by atoms with E-state index in [1.165, 1.54) is 5.56 Å². The highest BCUT2D eigenvalue weighted by Crippen LogP contribution is 2.39. The van der Waals surface area contributed by atoms with Crippen LogP contribution in [0, 0.1) is 18.8 Å². The number of carboxylic acid groups (broad SMARTS) is 1. The van der Waals surface area contributed by atoms with Crippen LogP contribution in [-0.2, 0) is 25.6 Å². The average molecular weight is 447 g/mol. The predicted octanol–water partition coefficient (Wildman–Crippen LogP) is 4.62. The molecule has 6 nitrogen and oxygen atoms in total. The number of aliphatic hydroxyl groups is 1. The van der Waals surface area contributed by atoms with Crippen molar-refractivity contribution in [2.24, 2.45) is 11.8 Å². The summed E-state index contributed by atoms with van der Waals surface area (Å²) in [6.07, 6.45) is 9.34. The molecule has 1 aliphatic carbocycles. The van der Waals surface area contributed by atoms with Crippen molar-refractivity contribution in [1.82, 2.24) is 0 Å². The van der Waals surface area contributed by atoms with E-state index in [1.807, 2.05) is 12.1 Å². The number of carboxylic acids is 1. The normalized spacial score (nSPS) is 28.4. The summed E-state index contributed by atoms with van der Waals surface area (Å²) in [4.78, 5) is 10.7. The van der Waals surface area contributed by atoms with Gasteiger partial charge in [-0.05, 0) is 56.9 Å². The number of allylic oxidation sites excluding steroid dienone is 2. The van der Waals surface area contributed by atoms with Gasteiger partial charge in [-0.2, -0.15) is 0 Å². The maximum absolute atomic E-state index is 10.8. The standard InChI is InChI=1S/C26H38O6/c1-19-9-8-10-20(15-19)17-30-18-22-21(11-4-2-3-5-12-25(28)29)23(27)16-24(22)32-26-13-6-7-14-31-26/h2,4,8-10,15,21-24,26-27H,3,5-7,11-14,16-18H2,1H3,(H,28,29)/b4-2-/t21-,22-,23+,24+,26?/m0/s1. The molecule has 2 aliphatic rings. The molecular weight excluding hydrogens is 408 g/mol. The molecule has 3 rings (SSSR count). The van der Waals surface area contributed by atoms with Crippen LogP contribution in [0.3, 0.4) is 0 Å². The van der Waals surface area contributed by atoms with Crippen LogP contribution in [0.1, 0.15) is 62.5 Å². The quantitative estimate of drug-likeness (QED) is 0.360. The minimum Gasteiger partial charge on any atom is -0.481 e.